The van der Waals surface area contributed by atoms with Gasteiger partial charge in [-0.25, -0.2) is 0 Å². The maximum absolute atomic E-state index is 5.27. The first kappa shape index (κ1) is 31.7. The van der Waals surface area contributed by atoms with Gasteiger partial charge in [0.2, 0.25) is 0 Å². The fraction of sp³-hybridized carbons (Fsp3) is 0.143. The van der Waals surface area contributed by atoms with Gasteiger partial charge in [-0.3, -0.25) is 9.98 Å². The molecule has 0 bridgehead atoms. The molecule has 3 saturated carbocycles. The highest BCUT2D eigenvalue weighted by Gasteiger charge is 2.38. The van der Waals surface area contributed by atoms with E-state index in [9.17, 15) is 0 Å². The Kier molecular flexibility index (Phi) is 10.9. The summed E-state index contributed by atoms with van der Waals surface area (Å²) in [5.41, 5.74) is 2.73. The van der Waals surface area contributed by atoms with E-state index in [-0.39, 0.29) is 12.1 Å². The zero-order valence-corrected chi connectivity index (χ0v) is 27.7. The highest BCUT2D eigenvalue weighted by atomic mass is 31.1. The molecule has 0 saturated heterocycles. The number of aliphatic imine (C=N–C) groups is 2. The Morgan fingerprint density at radius 3 is 1.09 bits per heavy atom. The van der Waals surface area contributed by atoms with E-state index >= 15 is 0 Å². The number of hydrogen-bond donors (Lipinski definition) is 0. The monoisotopic (exact) mass is 632 g/mol. The summed E-state index contributed by atoms with van der Waals surface area (Å²) in [5, 5.41) is 5.45. The molecule has 3 aliphatic rings. The molecular formula is C42H38N2P2. The fourth-order valence-corrected chi connectivity index (χ4v) is 11.3. The van der Waals surface area contributed by atoms with Crippen molar-refractivity contribution in [3.8, 4) is 0 Å². The highest BCUT2D eigenvalue weighted by molar-refractivity contribution is 7.76. The van der Waals surface area contributed by atoms with Crippen molar-refractivity contribution >= 4 is 49.5 Å². The van der Waals surface area contributed by atoms with Gasteiger partial charge in [-0.15, -0.1) is 0 Å². The van der Waals surface area contributed by atoms with Crippen molar-refractivity contribution in [1.29, 1.82) is 0 Å². The van der Waals surface area contributed by atoms with Crippen molar-refractivity contribution in [1.82, 2.24) is 0 Å². The molecule has 0 amide bonds. The minimum absolute atomic E-state index is 0.190. The second-order valence-electron chi connectivity index (χ2n) is 11.7. The Bertz CT molecular complexity index is 1340. The zero-order chi connectivity index (χ0) is 31.0. The van der Waals surface area contributed by atoms with E-state index in [2.05, 4.69) is 172 Å². The molecule has 4 aromatic carbocycles. The Morgan fingerprint density at radius 1 is 0.435 bits per heavy atom. The lowest BCUT2D eigenvalue weighted by Crippen LogP contribution is -2.28. The van der Waals surface area contributed by atoms with E-state index in [1.165, 1.54) is 57.2 Å². The lowest BCUT2D eigenvalue weighted by Gasteiger charge is -2.30. The van der Waals surface area contributed by atoms with Crippen LogP contribution in [-0.2, 0) is 0 Å². The average molecular weight is 633 g/mol. The number of benzene rings is 4. The summed E-state index contributed by atoms with van der Waals surface area (Å²) < 4.78 is 0. The van der Waals surface area contributed by atoms with Crippen LogP contribution in [0.4, 0.5) is 0 Å². The van der Waals surface area contributed by atoms with Crippen LogP contribution in [0, 0.1) is 61.7 Å². The quantitative estimate of drug-likeness (QED) is 0.125. The maximum atomic E-state index is 5.27. The summed E-state index contributed by atoms with van der Waals surface area (Å²) in [4.78, 5) is 10.5. The molecule has 46 heavy (non-hydrogen) atoms. The first-order chi connectivity index (χ1) is 22.8. The van der Waals surface area contributed by atoms with Crippen molar-refractivity contribution in [2.75, 3.05) is 0 Å². The molecule has 0 aromatic heterocycles. The van der Waals surface area contributed by atoms with Crippen LogP contribution in [0.3, 0.4) is 0 Å². The van der Waals surface area contributed by atoms with Gasteiger partial charge in [0.25, 0.3) is 0 Å². The molecule has 2 nitrogen and oxygen atoms in total. The third-order valence-corrected chi connectivity index (χ3v) is 13.7. The minimum Gasteiger partial charge on any atom is -0.291 e. The molecule has 0 aliphatic heterocycles. The van der Waals surface area contributed by atoms with E-state index < -0.39 is 15.8 Å². The van der Waals surface area contributed by atoms with Gasteiger partial charge in [0.15, 0.2) is 0 Å². The van der Waals surface area contributed by atoms with E-state index in [4.69, 9.17) is 9.98 Å². The third kappa shape index (κ3) is 7.46. The molecule has 7 rings (SSSR count). The van der Waals surface area contributed by atoms with Crippen molar-refractivity contribution < 1.29 is 0 Å². The molecule has 2 atom stereocenters. The Labute approximate surface area is 279 Å². The van der Waals surface area contributed by atoms with Gasteiger partial charge in [-0.1, -0.05) is 134 Å². The molecule has 4 heteroatoms. The standard InChI is InChI=1S/C42H38N2P2/c1-5-19-35(20-6-1)45(36-21-7-2-8-22-36)41-29-15-17-33(41)31-43-39-27-13-14-28-40(39)44-32-34-18-16-30-42(34)46(37-23-9-3-10-24-37)38-25-11-4-12-26-38/h1-12,15-26,29-32,39-40H,13-14,27-28H2/t39-,40-/m1/s1. The van der Waals surface area contributed by atoms with Gasteiger partial charge >= 0.3 is 0 Å². The Balaban J connectivity index is 1.09. The van der Waals surface area contributed by atoms with Crippen LogP contribution in [0.1, 0.15) is 25.7 Å². The average Bonchev–Trinajstić information content (AvgIpc) is 3.79. The van der Waals surface area contributed by atoms with Gasteiger partial charge < -0.3 is 0 Å². The number of hydrogen-bond acceptors (Lipinski definition) is 2. The smallest absolute Gasteiger partial charge is 0.0719 e. The normalized spacial score (nSPS) is 22.2. The van der Waals surface area contributed by atoms with Crippen molar-refractivity contribution in [2.24, 2.45) is 9.98 Å². The molecule has 226 valence electrons. The van der Waals surface area contributed by atoms with E-state index in [1.807, 2.05) is 0 Å². The van der Waals surface area contributed by atoms with E-state index in [1.54, 1.807) is 0 Å². The summed E-state index contributed by atoms with van der Waals surface area (Å²) in [5.74, 6) is 2.45. The summed E-state index contributed by atoms with van der Waals surface area (Å²) in [6, 6.07) is 44.1. The van der Waals surface area contributed by atoms with Gasteiger partial charge in [-0.2, -0.15) is 0 Å². The van der Waals surface area contributed by atoms with Gasteiger partial charge in [-0.05, 0) is 88.4 Å². The van der Waals surface area contributed by atoms with Crippen LogP contribution in [0.5, 0.6) is 0 Å². The fourth-order valence-electron chi connectivity index (χ4n) is 6.43. The van der Waals surface area contributed by atoms with Crippen LogP contribution in [0.25, 0.3) is 0 Å². The summed E-state index contributed by atoms with van der Waals surface area (Å²) in [6.07, 6.45) is 22.3. The zero-order valence-electron chi connectivity index (χ0n) is 25.9. The number of nitrogens with zero attached hydrogens (tertiary/aromatic N) is 2. The largest absolute Gasteiger partial charge is 0.291 e. The molecule has 0 spiro atoms. The highest BCUT2D eigenvalue weighted by Crippen LogP contribution is 2.56. The lowest BCUT2D eigenvalue weighted by molar-refractivity contribution is 0.390. The Morgan fingerprint density at radius 2 is 0.761 bits per heavy atom. The van der Waals surface area contributed by atoms with Crippen molar-refractivity contribution in [3.05, 3.63) is 183 Å². The Hall–Kier alpha value is -2.92. The SMILES string of the molecule is [CH]1[CH][C](C=N[C@@H]2CCCC[C@H]2N=C[C]2[CH][CH][CH][C]2P(c2ccccc2)c2ccccc2)[C](P(c2ccccc2)c2ccccc2)[CH]1. The molecule has 4 aromatic rings. The second kappa shape index (κ2) is 15.8. The molecule has 3 fully saturated rings. The summed E-state index contributed by atoms with van der Waals surface area (Å²) in [6.45, 7) is 0. The second-order valence-corrected chi connectivity index (χ2v) is 16.1. The first-order valence-corrected chi connectivity index (χ1v) is 18.9. The molecule has 0 N–H and O–H groups in total. The molecule has 3 aliphatic carbocycles. The van der Waals surface area contributed by atoms with Crippen molar-refractivity contribution in [3.63, 3.8) is 0 Å². The predicted molar refractivity (Wildman–Crippen MR) is 200 cm³/mol. The van der Waals surface area contributed by atoms with Crippen LogP contribution >= 0.6 is 15.8 Å². The first-order valence-electron chi connectivity index (χ1n) is 16.2. The van der Waals surface area contributed by atoms with Gasteiger partial charge in [0.05, 0.1) is 12.1 Å². The van der Waals surface area contributed by atoms with Crippen molar-refractivity contribution in [2.45, 2.75) is 37.8 Å². The summed E-state index contributed by atoms with van der Waals surface area (Å²) >= 11 is 0. The van der Waals surface area contributed by atoms with Crippen LogP contribution in [0.2, 0.25) is 0 Å². The third-order valence-electron chi connectivity index (χ3n) is 8.69. The minimum atomic E-state index is -0.669. The summed E-state index contributed by atoms with van der Waals surface area (Å²) in [7, 11) is -1.34. The maximum Gasteiger partial charge on any atom is 0.0719 e. The number of rotatable bonds is 10. The molecule has 0 heterocycles. The van der Waals surface area contributed by atoms with Gasteiger partial charge in [0.1, 0.15) is 0 Å². The van der Waals surface area contributed by atoms with Crippen LogP contribution < -0.4 is 21.2 Å². The molecule has 10 radical (unpaired) electrons. The van der Waals surface area contributed by atoms with E-state index in [0.29, 0.717) is 0 Å². The van der Waals surface area contributed by atoms with Gasteiger partial charge in [0, 0.05) is 35.6 Å². The predicted octanol–water partition coefficient (Wildman–Crippen LogP) is 8.17. The molecule has 0 unspecified atom stereocenters. The topological polar surface area (TPSA) is 24.7 Å². The lowest BCUT2D eigenvalue weighted by atomic mass is 9.91. The molecular weight excluding hydrogens is 594 g/mol. The van der Waals surface area contributed by atoms with Crippen LogP contribution in [0.15, 0.2) is 131 Å². The van der Waals surface area contributed by atoms with Crippen LogP contribution in [-0.4, -0.2) is 24.5 Å². The van der Waals surface area contributed by atoms with E-state index in [0.717, 1.165) is 12.8 Å².